The van der Waals surface area contributed by atoms with Crippen molar-refractivity contribution in [2.24, 2.45) is 5.92 Å². The molecule has 1 saturated heterocycles. The molecule has 4 nitrogen and oxygen atoms in total. The molecule has 0 amide bonds. The second-order valence-corrected chi connectivity index (χ2v) is 6.99. The van der Waals surface area contributed by atoms with E-state index in [0.29, 0.717) is 5.92 Å². The van der Waals surface area contributed by atoms with Crippen LogP contribution in [0.25, 0.3) is 0 Å². The average Bonchev–Trinajstić information content (AvgIpc) is 2.50. The molecule has 2 heterocycles. The van der Waals surface area contributed by atoms with Gasteiger partial charge in [-0.1, -0.05) is 0 Å². The minimum atomic E-state index is -0.472. The number of nitrogens with zero attached hydrogens (tertiary/aromatic N) is 2. The van der Waals surface area contributed by atoms with Crippen LogP contribution in [0.2, 0.25) is 0 Å². The van der Waals surface area contributed by atoms with Gasteiger partial charge in [0.25, 0.3) is 0 Å². The second kappa shape index (κ2) is 13.9. The zero-order valence-electron chi connectivity index (χ0n) is 10.3. The molecule has 2 aliphatic rings. The van der Waals surface area contributed by atoms with Gasteiger partial charge in [0.2, 0.25) is 0 Å². The molecular weight excluding hydrogens is 466 g/mol. The number of hydrogen-bond acceptors (Lipinski definition) is 4. The number of piperidine rings is 1. The molecular formula is C12H16Cl2N4Pt. The summed E-state index contributed by atoms with van der Waals surface area (Å²) in [7, 11) is 9.75. The van der Waals surface area contributed by atoms with Crippen LogP contribution < -0.4 is 10.6 Å². The fourth-order valence-electron chi connectivity index (χ4n) is 1.49. The van der Waals surface area contributed by atoms with E-state index in [0.717, 1.165) is 38.0 Å². The van der Waals surface area contributed by atoms with Gasteiger partial charge in [0.05, 0.1) is 17.7 Å². The standard InChI is InChI=1S/C6H10N2.C6H6N2.2ClH.Pt/c2*7-5-6-1-3-8-4-2-6;;;/h6,8H,1-4H2;1-3,8H,4H2;2*1H;/q;;;;+2/p-2. The van der Waals surface area contributed by atoms with Crippen LogP contribution in [0.15, 0.2) is 23.9 Å². The Morgan fingerprint density at radius 2 is 1.89 bits per heavy atom. The van der Waals surface area contributed by atoms with E-state index < -0.39 is 16.5 Å². The minimum absolute atomic E-state index is 0.330. The van der Waals surface area contributed by atoms with E-state index in [-0.39, 0.29) is 0 Å². The van der Waals surface area contributed by atoms with Gasteiger partial charge >= 0.3 is 35.3 Å². The third-order valence-electron chi connectivity index (χ3n) is 2.47. The zero-order chi connectivity index (χ0) is 14.3. The van der Waals surface area contributed by atoms with Crippen molar-refractivity contribution >= 4 is 18.8 Å². The van der Waals surface area contributed by atoms with Gasteiger partial charge in [-0.3, -0.25) is 0 Å². The van der Waals surface area contributed by atoms with E-state index >= 15 is 0 Å². The van der Waals surface area contributed by atoms with Gasteiger partial charge in [0.1, 0.15) is 0 Å². The third kappa shape index (κ3) is 11.0. The zero-order valence-corrected chi connectivity index (χ0v) is 14.1. The van der Waals surface area contributed by atoms with Crippen LogP contribution in [0.1, 0.15) is 12.8 Å². The van der Waals surface area contributed by atoms with Crippen molar-refractivity contribution in [1.29, 1.82) is 10.5 Å². The van der Waals surface area contributed by atoms with Crippen LogP contribution >= 0.6 is 18.8 Å². The van der Waals surface area contributed by atoms with Crippen molar-refractivity contribution in [2.45, 2.75) is 12.8 Å². The van der Waals surface area contributed by atoms with Gasteiger partial charge in [-0.2, -0.15) is 10.5 Å². The maximum atomic E-state index is 8.41. The van der Waals surface area contributed by atoms with Crippen LogP contribution in [0, 0.1) is 28.6 Å². The summed E-state index contributed by atoms with van der Waals surface area (Å²) in [5.41, 5.74) is 0.740. The molecule has 19 heavy (non-hydrogen) atoms. The number of rotatable bonds is 0. The van der Waals surface area contributed by atoms with Crippen molar-refractivity contribution < 1.29 is 16.5 Å². The molecule has 0 saturated carbocycles. The topological polar surface area (TPSA) is 71.6 Å². The Morgan fingerprint density at radius 1 is 1.26 bits per heavy atom. The van der Waals surface area contributed by atoms with Gasteiger partial charge in [-0.25, -0.2) is 0 Å². The van der Waals surface area contributed by atoms with Gasteiger partial charge in [-0.05, 0) is 44.3 Å². The molecule has 0 aromatic carbocycles. The van der Waals surface area contributed by atoms with Crippen molar-refractivity contribution in [3.63, 3.8) is 0 Å². The van der Waals surface area contributed by atoms with E-state index in [1.165, 1.54) is 0 Å². The summed E-state index contributed by atoms with van der Waals surface area (Å²) in [6.45, 7) is 2.83. The molecule has 0 aliphatic carbocycles. The summed E-state index contributed by atoms with van der Waals surface area (Å²) in [6, 6.07) is 4.30. The predicted molar refractivity (Wildman–Crippen MR) is 73.8 cm³/mol. The molecule has 0 aromatic rings. The summed E-state index contributed by atoms with van der Waals surface area (Å²) >= 11 is -0.472. The molecule has 2 N–H and O–H groups in total. The van der Waals surface area contributed by atoms with Crippen LogP contribution in [0.4, 0.5) is 0 Å². The van der Waals surface area contributed by atoms with Crippen molar-refractivity contribution in [3.05, 3.63) is 23.9 Å². The fourth-order valence-corrected chi connectivity index (χ4v) is 1.49. The number of nitriles is 2. The fraction of sp³-hybridized carbons (Fsp3) is 0.500. The predicted octanol–water partition coefficient (Wildman–Crippen LogP) is 2.44. The first-order chi connectivity index (χ1) is 9.28. The summed E-state index contributed by atoms with van der Waals surface area (Å²) in [5, 5.41) is 22.8. The van der Waals surface area contributed by atoms with E-state index in [1.807, 2.05) is 12.1 Å². The van der Waals surface area contributed by atoms with Crippen molar-refractivity contribution in [3.8, 4) is 12.1 Å². The second-order valence-electron chi connectivity index (χ2n) is 3.71. The van der Waals surface area contributed by atoms with Gasteiger partial charge in [-0.15, -0.1) is 0 Å². The molecule has 7 heteroatoms. The Kier molecular flexibility index (Phi) is 13.5. The summed E-state index contributed by atoms with van der Waals surface area (Å²) in [6.07, 6.45) is 7.45. The number of halogens is 2. The number of dihydropyridines is 1. The van der Waals surface area contributed by atoms with Crippen LogP contribution in [-0.2, 0) is 16.5 Å². The third-order valence-corrected chi connectivity index (χ3v) is 2.47. The Bertz CT molecular complexity index is 365. The molecule has 0 unspecified atom stereocenters. The molecule has 0 spiro atoms. The van der Waals surface area contributed by atoms with Crippen molar-refractivity contribution in [1.82, 2.24) is 10.6 Å². The van der Waals surface area contributed by atoms with Crippen LogP contribution in [0.5, 0.6) is 0 Å². The first kappa shape index (κ1) is 18.5. The summed E-state index contributed by atoms with van der Waals surface area (Å²) in [4.78, 5) is 0. The average molecular weight is 482 g/mol. The van der Waals surface area contributed by atoms with E-state index in [2.05, 4.69) is 16.7 Å². The normalized spacial score (nSPS) is 17.4. The SMILES string of the molecule is N#CC1=CCNC=C1.N#CC1CCNCC1.[Cl][Pt][Cl]. The number of nitrogens with one attached hydrogen (secondary N) is 2. The summed E-state index contributed by atoms with van der Waals surface area (Å²) < 4.78 is 0. The number of allylic oxidation sites excluding steroid dienone is 2. The quantitative estimate of drug-likeness (QED) is 0.557. The Morgan fingerprint density at radius 3 is 2.21 bits per heavy atom. The molecule has 0 radical (unpaired) electrons. The first-order valence-corrected chi connectivity index (χ1v) is 11.3. The maximum absolute atomic E-state index is 8.41. The molecule has 108 valence electrons. The van der Waals surface area contributed by atoms with Gasteiger partial charge in [0.15, 0.2) is 0 Å². The van der Waals surface area contributed by atoms with Crippen molar-refractivity contribution in [2.75, 3.05) is 19.6 Å². The molecule has 0 aromatic heterocycles. The first-order valence-electron chi connectivity index (χ1n) is 5.71. The molecule has 0 atom stereocenters. The Labute approximate surface area is 130 Å². The van der Waals surface area contributed by atoms with Gasteiger partial charge in [0, 0.05) is 12.5 Å². The van der Waals surface area contributed by atoms with Crippen LogP contribution in [-0.4, -0.2) is 19.6 Å². The molecule has 0 bridgehead atoms. The molecule has 2 rings (SSSR count). The molecule has 2 aliphatic heterocycles. The molecule has 1 fully saturated rings. The summed E-state index contributed by atoms with van der Waals surface area (Å²) in [5.74, 6) is 0.330. The Hall–Kier alpha value is -0.512. The van der Waals surface area contributed by atoms with Gasteiger partial charge < -0.3 is 10.6 Å². The number of hydrogen-bond donors (Lipinski definition) is 2. The monoisotopic (exact) mass is 481 g/mol. The van der Waals surface area contributed by atoms with E-state index in [9.17, 15) is 0 Å². The van der Waals surface area contributed by atoms with E-state index in [1.54, 1.807) is 12.3 Å². The van der Waals surface area contributed by atoms with E-state index in [4.69, 9.17) is 29.4 Å². The van der Waals surface area contributed by atoms with Crippen LogP contribution in [0.3, 0.4) is 0 Å². The Balaban J connectivity index is 0.000000284.